The van der Waals surface area contributed by atoms with E-state index in [2.05, 4.69) is 52.0 Å². The zero-order valence-electron chi connectivity index (χ0n) is 19.5. The second-order valence-electron chi connectivity index (χ2n) is 9.15. The van der Waals surface area contributed by atoms with Crippen LogP contribution in [0.2, 0.25) is 0 Å². The van der Waals surface area contributed by atoms with Gasteiger partial charge in [0.25, 0.3) is 0 Å². The van der Waals surface area contributed by atoms with Gasteiger partial charge in [0.1, 0.15) is 0 Å². The molecule has 0 aromatic heterocycles. The number of rotatable bonds is 12. The smallest absolute Gasteiger partial charge is 0.00132 e. The topological polar surface area (TPSA) is 0 Å². The van der Waals surface area contributed by atoms with Crippen LogP contribution in [-0.2, 0) is 32.1 Å². The highest BCUT2D eigenvalue weighted by Gasteiger charge is 2.22. The lowest BCUT2D eigenvalue weighted by Gasteiger charge is -2.14. The van der Waals surface area contributed by atoms with Crippen LogP contribution in [-0.4, -0.2) is 0 Å². The van der Waals surface area contributed by atoms with Crippen LogP contribution in [0.25, 0.3) is 11.1 Å². The van der Waals surface area contributed by atoms with Gasteiger partial charge in [-0.1, -0.05) is 77.6 Å². The summed E-state index contributed by atoms with van der Waals surface area (Å²) in [5, 5.41) is 0. The second-order valence-corrected chi connectivity index (χ2v) is 9.15. The lowest BCUT2D eigenvalue weighted by atomic mass is 9.90. The summed E-state index contributed by atoms with van der Waals surface area (Å²) in [4.78, 5) is 0. The monoisotopic (exact) mass is 390 g/mol. The van der Waals surface area contributed by atoms with Crippen molar-refractivity contribution in [1.29, 1.82) is 0 Å². The summed E-state index contributed by atoms with van der Waals surface area (Å²) in [5.41, 5.74) is 12.8. The molecule has 0 saturated carbocycles. The van der Waals surface area contributed by atoms with Crippen molar-refractivity contribution in [2.75, 3.05) is 0 Å². The van der Waals surface area contributed by atoms with Crippen LogP contribution in [0.3, 0.4) is 0 Å². The Labute approximate surface area is 180 Å². The predicted octanol–water partition coefficient (Wildman–Crippen LogP) is 8.63. The molecule has 0 aliphatic heterocycles. The minimum Gasteiger partial charge on any atom is -0.0654 e. The molecule has 0 amide bonds. The van der Waals surface area contributed by atoms with Gasteiger partial charge in [-0.05, 0) is 102 Å². The number of hydrogen-bond donors (Lipinski definition) is 0. The van der Waals surface area contributed by atoms with Gasteiger partial charge in [0.15, 0.2) is 0 Å². The Balaban J connectivity index is 1.99. The largest absolute Gasteiger partial charge is 0.0654 e. The Hall–Kier alpha value is -1.56. The van der Waals surface area contributed by atoms with E-state index in [-0.39, 0.29) is 0 Å². The Kier molecular flexibility index (Phi) is 8.40. The van der Waals surface area contributed by atoms with Crippen LogP contribution >= 0.6 is 0 Å². The molecule has 3 rings (SSSR count). The molecule has 29 heavy (non-hydrogen) atoms. The van der Waals surface area contributed by atoms with Crippen LogP contribution in [0.15, 0.2) is 24.3 Å². The maximum absolute atomic E-state index is 2.58. The zero-order chi connectivity index (χ0) is 20.6. The number of fused-ring (bicyclic) bond motifs is 3. The van der Waals surface area contributed by atoms with Crippen molar-refractivity contribution in [2.24, 2.45) is 0 Å². The molecule has 0 unspecified atom stereocenters. The highest BCUT2D eigenvalue weighted by molar-refractivity contribution is 5.79. The van der Waals surface area contributed by atoms with Crippen molar-refractivity contribution in [3.05, 3.63) is 57.6 Å². The molecule has 0 heterocycles. The Morgan fingerprint density at radius 3 is 1.10 bits per heavy atom. The van der Waals surface area contributed by atoms with E-state index in [1.807, 2.05) is 0 Å². The fourth-order valence-corrected chi connectivity index (χ4v) is 4.88. The van der Waals surface area contributed by atoms with Crippen LogP contribution < -0.4 is 0 Å². The molecule has 0 bridgehead atoms. The highest BCUT2D eigenvalue weighted by Crippen LogP contribution is 2.41. The van der Waals surface area contributed by atoms with Crippen LogP contribution in [0.4, 0.5) is 0 Å². The van der Waals surface area contributed by atoms with Crippen molar-refractivity contribution in [1.82, 2.24) is 0 Å². The molecule has 0 fully saturated rings. The predicted molar refractivity (Wildman–Crippen MR) is 129 cm³/mol. The van der Waals surface area contributed by atoms with Gasteiger partial charge in [-0.3, -0.25) is 0 Å². The van der Waals surface area contributed by atoms with E-state index in [1.54, 1.807) is 44.5 Å². The van der Waals surface area contributed by atoms with E-state index in [0.717, 1.165) is 6.42 Å². The average molecular weight is 391 g/mol. The first-order chi connectivity index (χ1) is 14.2. The summed E-state index contributed by atoms with van der Waals surface area (Å²) in [5.74, 6) is 0. The molecule has 0 saturated heterocycles. The Morgan fingerprint density at radius 1 is 0.483 bits per heavy atom. The fraction of sp³-hybridized carbons (Fsp3) is 0.586. The summed E-state index contributed by atoms with van der Waals surface area (Å²) < 4.78 is 0. The maximum atomic E-state index is 2.58. The fourth-order valence-electron chi connectivity index (χ4n) is 4.88. The second kappa shape index (κ2) is 11.0. The first kappa shape index (κ1) is 22.1. The Morgan fingerprint density at radius 2 is 0.793 bits per heavy atom. The third-order valence-corrected chi connectivity index (χ3v) is 6.72. The van der Waals surface area contributed by atoms with Crippen molar-refractivity contribution in [3.8, 4) is 11.1 Å². The van der Waals surface area contributed by atoms with Crippen molar-refractivity contribution in [3.63, 3.8) is 0 Å². The molecule has 1 aliphatic rings. The van der Waals surface area contributed by atoms with Gasteiger partial charge >= 0.3 is 0 Å². The zero-order valence-corrected chi connectivity index (χ0v) is 19.5. The number of benzene rings is 2. The summed E-state index contributed by atoms with van der Waals surface area (Å²) in [6.45, 7) is 9.24. The number of unbranched alkanes of at least 4 members (excludes halogenated alkanes) is 4. The quantitative estimate of drug-likeness (QED) is 0.290. The van der Waals surface area contributed by atoms with Crippen LogP contribution in [0.5, 0.6) is 0 Å². The number of aryl methyl sites for hydroxylation is 4. The first-order valence-corrected chi connectivity index (χ1v) is 12.5. The molecule has 0 radical (unpaired) electrons. The molecule has 2 aromatic carbocycles. The van der Waals surface area contributed by atoms with Gasteiger partial charge in [0.05, 0.1) is 0 Å². The molecular formula is C29H42. The summed E-state index contributed by atoms with van der Waals surface area (Å²) in [6, 6.07) is 10.3. The molecule has 0 spiro atoms. The van der Waals surface area contributed by atoms with E-state index in [0.29, 0.717) is 0 Å². The van der Waals surface area contributed by atoms with Crippen LogP contribution in [0, 0.1) is 0 Å². The van der Waals surface area contributed by atoms with E-state index < -0.39 is 0 Å². The van der Waals surface area contributed by atoms with Gasteiger partial charge in [-0.2, -0.15) is 0 Å². The molecule has 1 aliphatic carbocycles. The average Bonchev–Trinajstić information content (AvgIpc) is 3.08. The molecule has 0 nitrogen and oxygen atoms in total. The van der Waals surface area contributed by atoms with Crippen LogP contribution in [0.1, 0.15) is 112 Å². The first-order valence-electron chi connectivity index (χ1n) is 12.5. The minimum atomic E-state index is 1.14. The van der Waals surface area contributed by atoms with Gasteiger partial charge in [-0.15, -0.1) is 0 Å². The molecule has 158 valence electrons. The standard InChI is InChI=1S/C29H42/c1-5-9-13-22-17-26-19-27-18-23(14-10-6-2)25(16-12-8-4)21-29(27)28(26)20-24(22)15-11-7-3/h17-18,20-21H,5-16,19H2,1-4H3. The van der Waals surface area contributed by atoms with E-state index in [9.17, 15) is 0 Å². The Bertz CT molecular complexity index is 729. The number of hydrogen-bond acceptors (Lipinski definition) is 0. The highest BCUT2D eigenvalue weighted by atomic mass is 14.3. The summed E-state index contributed by atoms with van der Waals surface area (Å²) >= 11 is 0. The van der Waals surface area contributed by atoms with Crippen molar-refractivity contribution < 1.29 is 0 Å². The van der Waals surface area contributed by atoms with Crippen molar-refractivity contribution >= 4 is 0 Å². The van der Waals surface area contributed by atoms with Crippen molar-refractivity contribution in [2.45, 2.75) is 111 Å². The maximum Gasteiger partial charge on any atom is -0.00132 e. The van der Waals surface area contributed by atoms with Gasteiger partial charge < -0.3 is 0 Å². The molecule has 0 heteroatoms. The summed E-state index contributed by atoms with van der Waals surface area (Å²) in [6.07, 6.45) is 16.5. The minimum absolute atomic E-state index is 1.14. The molecule has 0 atom stereocenters. The third-order valence-electron chi connectivity index (χ3n) is 6.72. The van der Waals surface area contributed by atoms with Gasteiger partial charge in [0.2, 0.25) is 0 Å². The SMILES string of the molecule is CCCCc1cc2c(cc1CCCC)-c1cc(CCCC)c(CCCC)cc1C2. The van der Waals surface area contributed by atoms with E-state index in [1.165, 1.54) is 77.0 Å². The van der Waals surface area contributed by atoms with E-state index >= 15 is 0 Å². The molecule has 0 N–H and O–H groups in total. The third kappa shape index (κ3) is 5.33. The van der Waals surface area contributed by atoms with Gasteiger partial charge in [-0.25, -0.2) is 0 Å². The normalized spacial score (nSPS) is 12.3. The lowest BCUT2D eigenvalue weighted by Crippen LogP contribution is -1.98. The van der Waals surface area contributed by atoms with E-state index in [4.69, 9.17) is 0 Å². The van der Waals surface area contributed by atoms with Gasteiger partial charge in [0, 0.05) is 0 Å². The molecule has 2 aromatic rings. The lowest BCUT2D eigenvalue weighted by molar-refractivity contribution is 0.757. The molecular weight excluding hydrogens is 348 g/mol. The summed E-state index contributed by atoms with van der Waals surface area (Å²) in [7, 11) is 0.